The second-order valence-corrected chi connectivity index (χ2v) is 13.6. The van der Waals surface area contributed by atoms with Gasteiger partial charge in [-0.25, -0.2) is 4.79 Å². The molecule has 0 unspecified atom stereocenters. The predicted octanol–water partition coefficient (Wildman–Crippen LogP) is 2.79. The van der Waals surface area contributed by atoms with E-state index in [9.17, 15) is 9.59 Å². The Balaban J connectivity index is 1.62. The zero-order valence-corrected chi connectivity index (χ0v) is 19.8. The number of hydrogen-bond acceptors (Lipinski definition) is 4. The molecular weight excluding hydrogens is 420 g/mol. The first-order valence-electron chi connectivity index (χ1n) is 11.0. The highest BCUT2D eigenvalue weighted by Crippen LogP contribution is 2.37. The third kappa shape index (κ3) is 4.28. The minimum atomic E-state index is -2.63. The van der Waals surface area contributed by atoms with Gasteiger partial charge in [-0.15, -0.1) is 0 Å². The molecule has 1 aromatic heterocycles. The van der Waals surface area contributed by atoms with E-state index in [4.69, 9.17) is 9.16 Å². The van der Waals surface area contributed by atoms with Crippen LogP contribution >= 0.6 is 0 Å². The summed E-state index contributed by atoms with van der Waals surface area (Å²) in [6.07, 6.45) is 2.46. The van der Waals surface area contributed by atoms with Crippen molar-refractivity contribution in [2.75, 3.05) is 6.61 Å². The summed E-state index contributed by atoms with van der Waals surface area (Å²) in [5.41, 5.74) is -0.855. The molecule has 0 bridgehead atoms. The van der Waals surface area contributed by atoms with Crippen LogP contribution in [0.15, 0.2) is 82.5 Å². The molecule has 1 saturated heterocycles. The Morgan fingerprint density at radius 1 is 0.969 bits per heavy atom. The van der Waals surface area contributed by atoms with Crippen LogP contribution in [0.3, 0.4) is 0 Å². The predicted molar refractivity (Wildman–Crippen MR) is 128 cm³/mol. The minimum absolute atomic E-state index is 0.108. The van der Waals surface area contributed by atoms with E-state index in [2.05, 4.69) is 74.3 Å². The Labute approximate surface area is 189 Å². The second kappa shape index (κ2) is 9.01. The zero-order valence-electron chi connectivity index (χ0n) is 18.8. The van der Waals surface area contributed by atoms with Crippen molar-refractivity contribution in [1.82, 2.24) is 9.55 Å². The van der Waals surface area contributed by atoms with Gasteiger partial charge in [0.15, 0.2) is 0 Å². The Bertz CT molecular complexity index is 1110. The SMILES string of the molecule is CC(C)(C)[Si](OC[C@@H]1CC[C@H](n2ccc(=O)[nH]c2=O)O1)(c1ccccc1)c1ccccc1. The molecule has 4 rings (SSSR count). The average Bonchev–Trinajstić information content (AvgIpc) is 3.23. The summed E-state index contributed by atoms with van der Waals surface area (Å²) in [5, 5.41) is 2.35. The Kier molecular flexibility index (Phi) is 6.32. The molecule has 2 heterocycles. The zero-order chi connectivity index (χ0) is 22.8. The number of aromatic amines is 1. The number of benzene rings is 2. The van der Waals surface area contributed by atoms with Crippen LogP contribution in [0, 0.1) is 0 Å². The summed E-state index contributed by atoms with van der Waals surface area (Å²) in [5.74, 6) is 0. The molecular formula is C25H30N2O4Si. The van der Waals surface area contributed by atoms with Gasteiger partial charge in [0, 0.05) is 12.3 Å². The Morgan fingerprint density at radius 3 is 2.09 bits per heavy atom. The van der Waals surface area contributed by atoms with Crippen molar-refractivity contribution in [3.05, 3.63) is 93.8 Å². The lowest BCUT2D eigenvalue weighted by Gasteiger charge is -2.43. The number of nitrogens with one attached hydrogen (secondary N) is 1. The van der Waals surface area contributed by atoms with Gasteiger partial charge in [0.25, 0.3) is 13.9 Å². The minimum Gasteiger partial charge on any atom is -0.405 e. The number of ether oxygens (including phenoxy) is 1. The van der Waals surface area contributed by atoms with Gasteiger partial charge in [-0.05, 0) is 28.3 Å². The summed E-state index contributed by atoms with van der Waals surface area (Å²) >= 11 is 0. The standard InChI is InChI=1S/C25H30N2O4Si/c1-25(2,3)32(20-10-6-4-7-11-20,21-12-8-5-9-13-21)30-18-19-14-15-23(31-19)27-17-16-22(28)26-24(27)29/h4-13,16-17,19,23H,14-15,18H2,1-3H3,(H,26,28,29)/t19-,23+/m0/s1. The van der Waals surface area contributed by atoms with Crippen LogP contribution < -0.4 is 21.6 Å². The molecule has 1 aliphatic rings. The highest BCUT2D eigenvalue weighted by Gasteiger charge is 2.50. The highest BCUT2D eigenvalue weighted by molar-refractivity contribution is 6.99. The molecule has 168 valence electrons. The van der Waals surface area contributed by atoms with Crippen LogP contribution in [0.25, 0.3) is 0 Å². The van der Waals surface area contributed by atoms with Crippen LogP contribution in [0.1, 0.15) is 39.8 Å². The van der Waals surface area contributed by atoms with E-state index in [0.29, 0.717) is 13.0 Å². The molecule has 0 spiro atoms. The summed E-state index contributed by atoms with van der Waals surface area (Å²) in [6.45, 7) is 7.19. The number of H-pyrrole nitrogens is 1. The lowest BCUT2D eigenvalue weighted by Crippen LogP contribution is -2.67. The van der Waals surface area contributed by atoms with Crippen molar-refractivity contribution in [1.29, 1.82) is 0 Å². The van der Waals surface area contributed by atoms with Gasteiger partial charge in [-0.2, -0.15) is 0 Å². The van der Waals surface area contributed by atoms with Crippen LogP contribution in [-0.2, 0) is 9.16 Å². The van der Waals surface area contributed by atoms with E-state index in [1.807, 2.05) is 12.1 Å². The summed E-state index contributed by atoms with van der Waals surface area (Å²) < 4.78 is 14.6. The van der Waals surface area contributed by atoms with Crippen LogP contribution in [-0.4, -0.2) is 30.6 Å². The molecule has 0 saturated carbocycles. The fourth-order valence-corrected chi connectivity index (χ4v) is 9.24. The largest absolute Gasteiger partial charge is 0.405 e. The fourth-order valence-electron chi connectivity index (χ4n) is 4.65. The van der Waals surface area contributed by atoms with E-state index in [1.54, 1.807) is 0 Å². The third-order valence-electron chi connectivity index (χ3n) is 6.15. The van der Waals surface area contributed by atoms with Crippen LogP contribution in [0.4, 0.5) is 0 Å². The van der Waals surface area contributed by atoms with Gasteiger partial charge in [-0.3, -0.25) is 14.3 Å². The van der Waals surface area contributed by atoms with Crippen LogP contribution in [0.2, 0.25) is 5.04 Å². The normalized spacial score (nSPS) is 19.2. The molecule has 1 aliphatic heterocycles. The maximum atomic E-state index is 12.2. The van der Waals surface area contributed by atoms with Gasteiger partial charge < -0.3 is 9.16 Å². The molecule has 6 nitrogen and oxygen atoms in total. The fraction of sp³-hybridized carbons (Fsp3) is 0.360. The van der Waals surface area contributed by atoms with Gasteiger partial charge in [-0.1, -0.05) is 81.4 Å². The summed E-state index contributed by atoms with van der Waals surface area (Å²) in [6, 6.07) is 22.4. The molecule has 32 heavy (non-hydrogen) atoms. The first-order chi connectivity index (χ1) is 15.3. The lowest BCUT2D eigenvalue weighted by atomic mass is 10.2. The van der Waals surface area contributed by atoms with E-state index in [1.165, 1.54) is 27.2 Å². The summed E-state index contributed by atoms with van der Waals surface area (Å²) in [4.78, 5) is 25.8. The maximum absolute atomic E-state index is 12.2. The van der Waals surface area contributed by atoms with Crippen molar-refractivity contribution in [3.8, 4) is 0 Å². The lowest BCUT2D eigenvalue weighted by molar-refractivity contribution is -0.0215. The molecule has 1 N–H and O–H groups in total. The van der Waals surface area contributed by atoms with Crippen molar-refractivity contribution < 1.29 is 9.16 Å². The van der Waals surface area contributed by atoms with E-state index >= 15 is 0 Å². The van der Waals surface area contributed by atoms with Gasteiger partial charge in [0.1, 0.15) is 6.23 Å². The number of aromatic nitrogens is 2. The maximum Gasteiger partial charge on any atom is 0.330 e. The van der Waals surface area contributed by atoms with Crippen molar-refractivity contribution >= 4 is 18.7 Å². The topological polar surface area (TPSA) is 73.3 Å². The molecule has 0 radical (unpaired) electrons. The molecule has 3 aromatic rings. The first kappa shape index (κ1) is 22.5. The second-order valence-electron chi connectivity index (χ2n) is 9.28. The Morgan fingerprint density at radius 2 is 1.56 bits per heavy atom. The number of hydrogen-bond donors (Lipinski definition) is 1. The average molecular weight is 451 g/mol. The quantitative estimate of drug-likeness (QED) is 0.586. The van der Waals surface area contributed by atoms with Crippen molar-refractivity contribution in [2.45, 2.75) is 51.0 Å². The van der Waals surface area contributed by atoms with E-state index < -0.39 is 25.8 Å². The van der Waals surface area contributed by atoms with Gasteiger partial charge in [0.05, 0.1) is 12.7 Å². The molecule has 2 atom stereocenters. The van der Waals surface area contributed by atoms with E-state index in [0.717, 1.165) is 6.42 Å². The van der Waals surface area contributed by atoms with E-state index in [-0.39, 0.29) is 11.1 Å². The first-order valence-corrected chi connectivity index (χ1v) is 12.9. The molecule has 0 aliphatic carbocycles. The molecule has 7 heteroatoms. The third-order valence-corrected chi connectivity index (χ3v) is 11.2. The molecule has 0 amide bonds. The van der Waals surface area contributed by atoms with Crippen molar-refractivity contribution in [2.24, 2.45) is 0 Å². The number of nitrogens with zero attached hydrogens (tertiary/aromatic N) is 1. The molecule has 2 aromatic carbocycles. The monoisotopic (exact) mass is 450 g/mol. The van der Waals surface area contributed by atoms with Crippen LogP contribution in [0.5, 0.6) is 0 Å². The molecule has 1 fully saturated rings. The van der Waals surface area contributed by atoms with Gasteiger partial charge >= 0.3 is 5.69 Å². The summed E-state index contributed by atoms with van der Waals surface area (Å²) in [7, 11) is -2.63. The van der Waals surface area contributed by atoms with Gasteiger partial charge in [0.2, 0.25) is 0 Å². The number of rotatable bonds is 6. The van der Waals surface area contributed by atoms with Crippen molar-refractivity contribution in [3.63, 3.8) is 0 Å². The highest BCUT2D eigenvalue weighted by atomic mass is 28.4. The Hall–Kier alpha value is -2.74. The smallest absolute Gasteiger partial charge is 0.330 e.